The molecule has 0 aromatic rings. The Morgan fingerprint density at radius 2 is 2.14 bits per heavy atom. The van der Waals surface area contributed by atoms with Gasteiger partial charge in [-0.05, 0) is 12.8 Å². The first kappa shape index (κ1) is 11.8. The van der Waals surface area contributed by atoms with Gasteiger partial charge in [0.05, 0.1) is 19.3 Å². The number of carbonyl (C=O) groups excluding carboxylic acids is 1. The lowest BCUT2D eigenvalue weighted by molar-refractivity contribution is -0.131. The fourth-order valence-electron chi connectivity index (χ4n) is 1.58. The van der Waals surface area contributed by atoms with Gasteiger partial charge >= 0.3 is 0 Å². The summed E-state index contributed by atoms with van der Waals surface area (Å²) in [5, 5.41) is 8.57. The molecule has 1 aliphatic heterocycles. The maximum absolute atomic E-state index is 11.2. The summed E-state index contributed by atoms with van der Waals surface area (Å²) in [5.41, 5.74) is 0. The Balaban J connectivity index is 2.20. The Hall–Kier alpha value is -0.320. The van der Waals surface area contributed by atoms with Crippen LogP contribution in [0.5, 0.6) is 0 Å². The van der Waals surface area contributed by atoms with Crippen LogP contribution in [-0.4, -0.2) is 54.2 Å². The third-order valence-electron chi connectivity index (χ3n) is 2.35. The average molecular weight is 222 g/mol. The second-order valence-electron chi connectivity index (χ2n) is 3.31. The number of likely N-dealkylation sites (tertiary alicyclic amines) is 1. The van der Waals surface area contributed by atoms with E-state index >= 15 is 0 Å². The van der Waals surface area contributed by atoms with Gasteiger partial charge < -0.3 is 14.7 Å². The van der Waals surface area contributed by atoms with Gasteiger partial charge in [0.25, 0.3) is 0 Å². The Morgan fingerprint density at radius 1 is 1.50 bits per heavy atom. The van der Waals surface area contributed by atoms with Crippen molar-refractivity contribution in [2.45, 2.75) is 18.9 Å². The molecule has 4 nitrogen and oxygen atoms in total. The lowest BCUT2D eigenvalue weighted by Gasteiger charge is -2.31. The lowest BCUT2D eigenvalue weighted by atomic mass is 10.1. The molecule has 0 bridgehead atoms. The highest BCUT2D eigenvalue weighted by atomic mass is 35.5. The van der Waals surface area contributed by atoms with Crippen LogP contribution in [0.2, 0.25) is 0 Å². The van der Waals surface area contributed by atoms with Crippen molar-refractivity contribution in [1.29, 1.82) is 0 Å². The van der Waals surface area contributed by atoms with Gasteiger partial charge in [0.2, 0.25) is 5.91 Å². The molecule has 0 aromatic heterocycles. The standard InChI is InChI=1S/C9H16ClNO3/c10-7-9(13)11-3-1-8(2-4-11)14-6-5-12/h8,12H,1-7H2. The molecular formula is C9H16ClNO3. The normalized spacial score (nSPS) is 18.6. The van der Waals surface area contributed by atoms with E-state index in [9.17, 15) is 4.79 Å². The molecule has 1 saturated heterocycles. The minimum atomic E-state index is -0.00715. The smallest absolute Gasteiger partial charge is 0.237 e. The second-order valence-corrected chi connectivity index (χ2v) is 3.58. The zero-order valence-electron chi connectivity index (χ0n) is 8.12. The zero-order valence-corrected chi connectivity index (χ0v) is 8.87. The molecule has 82 valence electrons. The number of ether oxygens (including phenoxy) is 1. The summed E-state index contributed by atoms with van der Waals surface area (Å²) in [5.74, 6) is 0.0505. The van der Waals surface area contributed by atoms with Crippen molar-refractivity contribution in [3.8, 4) is 0 Å². The number of hydrogen-bond acceptors (Lipinski definition) is 3. The number of nitrogens with zero attached hydrogens (tertiary/aromatic N) is 1. The van der Waals surface area contributed by atoms with Crippen LogP contribution in [0.15, 0.2) is 0 Å². The fourth-order valence-corrected chi connectivity index (χ4v) is 1.74. The van der Waals surface area contributed by atoms with E-state index in [1.54, 1.807) is 4.90 Å². The van der Waals surface area contributed by atoms with Crippen molar-refractivity contribution in [3.63, 3.8) is 0 Å². The largest absolute Gasteiger partial charge is 0.394 e. The summed E-state index contributed by atoms with van der Waals surface area (Å²) in [4.78, 5) is 13.0. The molecule has 0 aliphatic carbocycles. The highest BCUT2D eigenvalue weighted by Gasteiger charge is 2.22. The summed E-state index contributed by atoms with van der Waals surface area (Å²) < 4.78 is 5.37. The average Bonchev–Trinajstić information content (AvgIpc) is 2.26. The predicted molar refractivity (Wildman–Crippen MR) is 53.4 cm³/mol. The molecule has 0 aromatic carbocycles. The predicted octanol–water partition coefficient (Wildman–Crippen LogP) is 0.225. The molecule has 1 amide bonds. The van der Waals surface area contributed by atoms with E-state index in [0.717, 1.165) is 12.8 Å². The quantitative estimate of drug-likeness (QED) is 0.692. The number of amides is 1. The molecule has 0 saturated carbocycles. The maximum Gasteiger partial charge on any atom is 0.237 e. The molecule has 0 radical (unpaired) electrons. The highest BCUT2D eigenvalue weighted by molar-refractivity contribution is 6.27. The van der Waals surface area contributed by atoms with Gasteiger partial charge in [-0.2, -0.15) is 0 Å². The Labute approximate surface area is 88.8 Å². The SMILES string of the molecule is O=C(CCl)N1CCC(OCCO)CC1. The van der Waals surface area contributed by atoms with Crippen molar-refractivity contribution in [2.75, 3.05) is 32.2 Å². The number of carbonyl (C=O) groups is 1. The van der Waals surface area contributed by atoms with E-state index in [0.29, 0.717) is 19.7 Å². The van der Waals surface area contributed by atoms with E-state index in [-0.39, 0.29) is 24.5 Å². The number of piperidine rings is 1. The highest BCUT2D eigenvalue weighted by Crippen LogP contribution is 2.13. The Morgan fingerprint density at radius 3 is 2.64 bits per heavy atom. The van der Waals surface area contributed by atoms with Crippen molar-refractivity contribution >= 4 is 17.5 Å². The molecule has 0 unspecified atom stereocenters. The molecule has 1 rings (SSSR count). The first-order chi connectivity index (χ1) is 6.77. The first-order valence-electron chi connectivity index (χ1n) is 4.84. The summed E-state index contributed by atoms with van der Waals surface area (Å²) in [6.45, 7) is 1.86. The molecule has 0 atom stereocenters. The van der Waals surface area contributed by atoms with E-state index in [2.05, 4.69) is 0 Å². The molecule has 1 heterocycles. The van der Waals surface area contributed by atoms with Gasteiger partial charge in [0.15, 0.2) is 0 Å². The van der Waals surface area contributed by atoms with Gasteiger partial charge in [-0.25, -0.2) is 0 Å². The topological polar surface area (TPSA) is 49.8 Å². The van der Waals surface area contributed by atoms with Gasteiger partial charge in [-0.15, -0.1) is 11.6 Å². The van der Waals surface area contributed by atoms with Crippen molar-refractivity contribution in [3.05, 3.63) is 0 Å². The van der Waals surface area contributed by atoms with Gasteiger partial charge in [-0.3, -0.25) is 4.79 Å². The number of rotatable bonds is 4. The maximum atomic E-state index is 11.2. The minimum Gasteiger partial charge on any atom is -0.394 e. The summed E-state index contributed by atoms with van der Waals surface area (Å²) in [7, 11) is 0. The number of aliphatic hydroxyl groups excluding tert-OH is 1. The summed E-state index contributed by atoms with van der Waals surface area (Å²) in [6.07, 6.45) is 1.85. The van der Waals surface area contributed by atoms with Crippen LogP contribution in [0.3, 0.4) is 0 Å². The molecule has 1 aliphatic rings. The van der Waals surface area contributed by atoms with Crippen LogP contribution in [0.1, 0.15) is 12.8 Å². The minimum absolute atomic E-state index is 0.00715. The lowest BCUT2D eigenvalue weighted by Crippen LogP contribution is -2.41. The molecule has 0 spiro atoms. The molecule has 1 fully saturated rings. The van der Waals surface area contributed by atoms with Crippen LogP contribution >= 0.6 is 11.6 Å². The molecule has 1 N–H and O–H groups in total. The van der Waals surface area contributed by atoms with E-state index in [4.69, 9.17) is 21.4 Å². The number of halogens is 1. The van der Waals surface area contributed by atoms with Crippen LogP contribution in [0, 0.1) is 0 Å². The van der Waals surface area contributed by atoms with Gasteiger partial charge in [0.1, 0.15) is 5.88 Å². The fraction of sp³-hybridized carbons (Fsp3) is 0.889. The first-order valence-corrected chi connectivity index (χ1v) is 5.37. The van der Waals surface area contributed by atoms with Crippen LogP contribution in [0.4, 0.5) is 0 Å². The summed E-state index contributed by atoms with van der Waals surface area (Å²) >= 11 is 5.45. The second kappa shape index (κ2) is 6.22. The van der Waals surface area contributed by atoms with E-state index in [1.165, 1.54) is 0 Å². The van der Waals surface area contributed by atoms with Crippen LogP contribution < -0.4 is 0 Å². The number of aliphatic hydroxyl groups is 1. The Kier molecular flexibility index (Phi) is 5.22. The van der Waals surface area contributed by atoms with Crippen LogP contribution in [-0.2, 0) is 9.53 Å². The van der Waals surface area contributed by atoms with Crippen molar-refractivity contribution in [2.24, 2.45) is 0 Å². The van der Waals surface area contributed by atoms with Crippen LogP contribution in [0.25, 0.3) is 0 Å². The monoisotopic (exact) mass is 221 g/mol. The molecule has 5 heteroatoms. The third kappa shape index (κ3) is 3.44. The molecule has 14 heavy (non-hydrogen) atoms. The Bertz CT molecular complexity index is 181. The number of hydrogen-bond donors (Lipinski definition) is 1. The van der Waals surface area contributed by atoms with Gasteiger partial charge in [-0.1, -0.05) is 0 Å². The van der Waals surface area contributed by atoms with Crippen molar-refractivity contribution < 1.29 is 14.6 Å². The number of alkyl halides is 1. The van der Waals surface area contributed by atoms with E-state index in [1.807, 2.05) is 0 Å². The van der Waals surface area contributed by atoms with E-state index < -0.39 is 0 Å². The third-order valence-corrected chi connectivity index (χ3v) is 2.58. The zero-order chi connectivity index (χ0) is 10.4. The summed E-state index contributed by atoms with van der Waals surface area (Å²) in [6, 6.07) is 0. The molecular weight excluding hydrogens is 206 g/mol. The van der Waals surface area contributed by atoms with Crippen molar-refractivity contribution in [1.82, 2.24) is 4.90 Å². The van der Waals surface area contributed by atoms with Gasteiger partial charge in [0, 0.05) is 13.1 Å².